The first-order valence-electron chi connectivity index (χ1n) is 12.0. The Morgan fingerprint density at radius 1 is 1.11 bits per heavy atom. The van der Waals surface area contributed by atoms with Crippen molar-refractivity contribution in [3.63, 3.8) is 0 Å². The fraction of sp³-hybridized carbons (Fsp3) is 0.773. The molecule has 11 nitrogen and oxygen atoms in total. The predicted molar refractivity (Wildman–Crippen MR) is 120 cm³/mol. The van der Waals surface area contributed by atoms with Crippen molar-refractivity contribution >= 4 is 16.1 Å². The van der Waals surface area contributed by atoms with E-state index < -0.39 is 15.8 Å². The highest BCUT2D eigenvalue weighted by molar-refractivity contribution is 7.88. The van der Waals surface area contributed by atoms with E-state index in [9.17, 15) is 13.2 Å². The quantitative estimate of drug-likeness (QED) is 0.555. The summed E-state index contributed by atoms with van der Waals surface area (Å²) in [6, 6.07) is 0. The zero-order chi connectivity index (χ0) is 24.8. The highest BCUT2D eigenvalue weighted by Crippen LogP contribution is 2.40. The van der Waals surface area contributed by atoms with Crippen molar-refractivity contribution in [1.29, 1.82) is 0 Å². The van der Waals surface area contributed by atoms with Gasteiger partial charge in [0.15, 0.2) is 0 Å². The number of amides is 1. The standard InChI is InChI=1S/C22H31FN4O7S/c1-22(5-6-22)34-21(28)26-9-14-11-31-12-15(10-26)18(14)33-20-17(23)19(24-13-25-20)32-16-3-7-27(8-4-16)35(2,29)30/h13-16,18H,3-12H2,1-2H3. The molecule has 3 aliphatic heterocycles. The molecule has 5 rings (SSSR count). The Hall–Kier alpha value is -2.25. The van der Waals surface area contributed by atoms with Gasteiger partial charge in [0.05, 0.1) is 19.5 Å². The Kier molecular flexibility index (Phi) is 6.51. The number of hydrogen-bond acceptors (Lipinski definition) is 9. The fourth-order valence-electron chi connectivity index (χ4n) is 4.87. The number of aromatic nitrogens is 2. The lowest BCUT2D eigenvalue weighted by atomic mass is 9.84. The van der Waals surface area contributed by atoms with Gasteiger partial charge < -0.3 is 23.8 Å². The smallest absolute Gasteiger partial charge is 0.410 e. The Labute approximate surface area is 203 Å². The zero-order valence-corrected chi connectivity index (χ0v) is 20.7. The molecule has 0 radical (unpaired) electrons. The van der Waals surface area contributed by atoms with E-state index in [-0.39, 0.29) is 47.5 Å². The molecule has 1 aliphatic carbocycles. The van der Waals surface area contributed by atoms with Crippen LogP contribution >= 0.6 is 0 Å². The Bertz CT molecular complexity index is 1050. The molecule has 194 valence electrons. The van der Waals surface area contributed by atoms with Crippen LogP contribution in [0.5, 0.6) is 11.8 Å². The third kappa shape index (κ3) is 5.46. The molecule has 1 aromatic heterocycles. The number of sulfonamides is 1. The molecule has 0 N–H and O–H groups in total. The number of piperidine rings is 2. The lowest BCUT2D eigenvalue weighted by Gasteiger charge is -2.46. The molecule has 4 heterocycles. The molecule has 4 fully saturated rings. The van der Waals surface area contributed by atoms with E-state index in [0.29, 0.717) is 52.2 Å². The van der Waals surface area contributed by atoms with E-state index in [0.717, 1.165) is 12.8 Å². The first-order chi connectivity index (χ1) is 16.6. The average molecular weight is 515 g/mol. The van der Waals surface area contributed by atoms with Crippen LogP contribution in [0.1, 0.15) is 32.6 Å². The minimum atomic E-state index is -3.26. The second-order valence-electron chi connectivity index (χ2n) is 10.1. The van der Waals surface area contributed by atoms with Gasteiger partial charge in [-0.3, -0.25) is 0 Å². The molecule has 35 heavy (non-hydrogen) atoms. The summed E-state index contributed by atoms with van der Waals surface area (Å²) in [4.78, 5) is 22.2. The molecule has 0 aromatic carbocycles. The Morgan fingerprint density at radius 3 is 2.29 bits per heavy atom. The average Bonchev–Trinajstić information content (AvgIpc) is 3.52. The second-order valence-corrected chi connectivity index (χ2v) is 12.1. The van der Waals surface area contributed by atoms with Crippen LogP contribution in [0.25, 0.3) is 0 Å². The van der Waals surface area contributed by atoms with E-state index in [1.54, 1.807) is 4.90 Å². The molecule has 3 saturated heterocycles. The SMILES string of the molecule is CC1(OC(=O)N2CC3COCC(C2)C3Oc2ncnc(OC3CCN(S(C)(=O)=O)CC3)c2F)CC1. The number of rotatable bonds is 6. The van der Waals surface area contributed by atoms with Gasteiger partial charge in [-0.25, -0.2) is 17.5 Å². The summed E-state index contributed by atoms with van der Waals surface area (Å²) in [5, 5.41) is 0. The maximum Gasteiger partial charge on any atom is 0.410 e. The van der Waals surface area contributed by atoms with Crippen molar-refractivity contribution in [2.24, 2.45) is 11.8 Å². The second kappa shape index (κ2) is 9.32. The Morgan fingerprint density at radius 2 is 1.71 bits per heavy atom. The van der Waals surface area contributed by atoms with Gasteiger partial charge in [-0.15, -0.1) is 0 Å². The molecule has 1 aromatic rings. The molecule has 1 saturated carbocycles. The number of hydrogen-bond donors (Lipinski definition) is 0. The number of carbonyl (C=O) groups is 1. The molecule has 4 aliphatic rings. The van der Waals surface area contributed by atoms with Gasteiger partial charge in [-0.05, 0) is 32.6 Å². The van der Waals surface area contributed by atoms with Gasteiger partial charge in [0.25, 0.3) is 11.8 Å². The van der Waals surface area contributed by atoms with Gasteiger partial charge in [-0.1, -0.05) is 0 Å². The number of fused-ring (bicyclic) bond motifs is 2. The third-order valence-electron chi connectivity index (χ3n) is 7.17. The summed E-state index contributed by atoms with van der Waals surface area (Å²) in [6.07, 6.45) is 3.91. The van der Waals surface area contributed by atoms with Crippen LogP contribution in [-0.4, -0.2) is 97.1 Å². The van der Waals surface area contributed by atoms with Crippen LogP contribution < -0.4 is 9.47 Å². The van der Waals surface area contributed by atoms with Gasteiger partial charge in [-0.2, -0.15) is 14.4 Å². The third-order valence-corrected chi connectivity index (χ3v) is 8.47. The molecular formula is C22H31FN4O7S. The normalized spacial score (nSPS) is 28.9. The van der Waals surface area contributed by atoms with Crippen molar-refractivity contribution in [2.45, 2.75) is 50.4 Å². The monoisotopic (exact) mass is 514 g/mol. The molecule has 1 amide bonds. The van der Waals surface area contributed by atoms with Crippen LogP contribution in [0.2, 0.25) is 0 Å². The summed E-state index contributed by atoms with van der Waals surface area (Å²) in [7, 11) is -3.26. The number of nitrogens with zero attached hydrogens (tertiary/aromatic N) is 4. The maximum absolute atomic E-state index is 15.2. The molecular weight excluding hydrogens is 483 g/mol. The number of halogens is 1. The number of ether oxygens (including phenoxy) is 4. The summed E-state index contributed by atoms with van der Waals surface area (Å²) in [5.74, 6) is -1.51. The lowest BCUT2D eigenvalue weighted by molar-refractivity contribution is -0.112. The van der Waals surface area contributed by atoms with Gasteiger partial charge in [0, 0.05) is 38.0 Å². The summed E-state index contributed by atoms with van der Waals surface area (Å²) < 4.78 is 63.1. The topological polar surface area (TPSA) is 120 Å². The molecule has 2 unspecified atom stereocenters. The van der Waals surface area contributed by atoms with Crippen molar-refractivity contribution < 1.29 is 36.6 Å². The molecule has 13 heteroatoms. The highest BCUT2D eigenvalue weighted by Gasteiger charge is 2.47. The summed E-state index contributed by atoms with van der Waals surface area (Å²) >= 11 is 0. The van der Waals surface area contributed by atoms with Crippen LogP contribution in [0.4, 0.5) is 9.18 Å². The van der Waals surface area contributed by atoms with E-state index in [1.807, 2.05) is 6.92 Å². The zero-order valence-electron chi connectivity index (χ0n) is 19.9. The van der Waals surface area contributed by atoms with Crippen molar-refractivity contribution in [3.8, 4) is 11.8 Å². The fourth-order valence-corrected chi connectivity index (χ4v) is 5.74. The van der Waals surface area contributed by atoms with E-state index >= 15 is 4.39 Å². The van der Waals surface area contributed by atoms with Crippen molar-refractivity contribution in [3.05, 3.63) is 12.1 Å². The van der Waals surface area contributed by atoms with E-state index in [1.165, 1.54) is 16.9 Å². The van der Waals surface area contributed by atoms with Crippen molar-refractivity contribution in [2.75, 3.05) is 45.6 Å². The van der Waals surface area contributed by atoms with E-state index in [4.69, 9.17) is 18.9 Å². The Balaban J connectivity index is 1.22. The molecule has 2 atom stereocenters. The van der Waals surface area contributed by atoms with Crippen LogP contribution in [0, 0.1) is 17.7 Å². The van der Waals surface area contributed by atoms with E-state index in [2.05, 4.69) is 9.97 Å². The molecule has 2 bridgehead atoms. The maximum atomic E-state index is 15.2. The van der Waals surface area contributed by atoms with Crippen molar-refractivity contribution in [1.82, 2.24) is 19.2 Å². The minimum absolute atomic E-state index is 0.152. The summed E-state index contributed by atoms with van der Waals surface area (Å²) in [6.45, 7) is 4.11. The van der Waals surface area contributed by atoms with Gasteiger partial charge >= 0.3 is 6.09 Å². The predicted octanol–water partition coefficient (Wildman–Crippen LogP) is 1.43. The van der Waals surface area contributed by atoms with Gasteiger partial charge in [0.2, 0.25) is 15.8 Å². The minimum Gasteiger partial charge on any atom is -0.472 e. The lowest BCUT2D eigenvalue weighted by Crippen LogP contribution is -2.59. The first kappa shape index (κ1) is 24.4. The van der Waals surface area contributed by atoms with Crippen LogP contribution in [-0.2, 0) is 19.5 Å². The highest BCUT2D eigenvalue weighted by atomic mass is 32.2. The first-order valence-corrected chi connectivity index (χ1v) is 13.8. The largest absolute Gasteiger partial charge is 0.472 e. The number of carbonyl (C=O) groups excluding carboxylic acids is 1. The number of likely N-dealkylation sites (tertiary alicyclic amines) is 1. The summed E-state index contributed by atoms with van der Waals surface area (Å²) in [5.41, 5.74) is -0.349. The molecule has 0 spiro atoms. The van der Waals surface area contributed by atoms with Gasteiger partial charge in [0.1, 0.15) is 24.1 Å². The van der Waals surface area contributed by atoms with Crippen LogP contribution in [0.3, 0.4) is 0 Å². The van der Waals surface area contributed by atoms with Crippen LogP contribution in [0.15, 0.2) is 6.33 Å².